The summed E-state index contributed by atoms with van der Waals surface area (Å²) in [5, 5.41) is 8.85. The molecule has 0 bridgehead atoms. The first kappa shape index (κ1) is 14.1. The zero-order valence-corrected chi connectivity index (χ0v) is 12.1. The Morgan fingerprint density at radius 1 is 1.38 bits per heavy atom. The standard InChI is InChI=1S/C16H19NO4/c1-11-3-2-4-12-13(18)9-16(21-15(11)12)5-7-17(8-6-16)10-14(19)20/h2-4H,5-10H2,1H3,(H,19,20). The smallest absolute Gasteiger partial charge is 0.317 e. The van der Waals surface area contributed by atoms with Crippen LogP contribution in [-0.4, -0.2) is 47.0 Å². The third-order valence-electron chi connectivity index (χ3n) is 4.44. The van der Waals surface area contributed by atoms with Gasteiger partial charge in [-0.05, 0) is 18.6 Å². The van der Waals surface area contributed by atoms with Crippen molar-refractivity contribution in [3.05, 3.63) is 29.3 Å². The number of Topliss-reactive ketones (excluding diaryl/α,β-unsaturated/α-hetero) is 1. The van der Waals surface area contributed by atoms with Gasteiger partial charge in [-0.2, -0.15) is 0 Å². The number of aliphatic carboxylic acids is 1. The minimum absolute atomic E-state index is 0.0552. The van der Waals surface area contributed by atoms with E-state index in [1.165, 1.54) is 0 Å². The van der Waals surface area contributed by atoms with Crippen LogP contribution in [0, 0.1) is 6.92 Å². The molecule has 0 aromatic heterocycles. The predicted molar refractivity (Wildman–Crippen MR) is 76.8 cm³/mol. The first-order chi connectivity index (χ1) is 9.99. The van der Waals surface area contributed by atoms with Crippen molar-refractivity contribution in [3.8, 4) is 5.75 Å². The van der Waals surface area contributed by atoms with Crippen LogP contribution in [0.5, 0.6) is 5.75 Å². The van der Waals surface area contributed by atoms with Crippen LogP contribution < -0.4 is 4.74 Å². The van der Waals surface area contributed by atoms with Gasteiger partial charge in [-0.15, -0.1) is 0 Å². The van der Waals surface area contributed by atoms with Crippen LogP contribution >= 0.6 is 0 Å². The highest BCUT2D eigenvalue weighted by Gasteiger charge is 2.43. The molecule has 112 valence electrons. The number of ketones is 1. The van der Waals surface area contributed by atoms with Crippen molar-refractivity contribution in [3.63, 3.8) is 0 Å². The molecule has 2 heterocycles. The fraction of sp³-hybridized carbons (Fsp3) is 0.500. The molecule has 2 aliphatic heterocycles. The summed E-state index contributed by atoms with van der Waals surface area (Å²) < 4.78 is 6.22. The van der Waals surface area contributed by atoms with E-state index < -0.39 is 11.6 Å². The quantitative estimate of drug-likeness (QED) is 0.900. The monoisotopic (exact) mass is 289 g/mol. The Labute approximate surface area is 123 Å². The molecule has 0 saturated carbocycles. The minimum atomic E-state index is -0.812. The average Bonchev–Trinajstić information content (AvgIpc) is 2.43. The van der Waals surface area contributed by atoms with Crippen molar-refractivity contribution >= 4 is 11.8 Å². The molecule has 0 atom stereocenters. The molecule has 0 aliphatic carbocycles. The number of benzene rings is 1. The molecule has 2 aliphatic rings. The lowest BCUT2D eigenvalue weighted by Gasteiger charge is -2.44. The number of aryl methyl sites for hydroxylation is 1. The van der Waals surface area contributed by atoms with Crippen molar-refractivity contribution < 1.29 is 19.4 Å². The largest absolute Gasteiger partial charge is 0.486 e. The third-order valence-corrected chi connectivity index (χ3v) is 4.44. The van der Waals surface area contributed by atoms with Gasteiger partial charge in [-0.3, -0.25) is 14.5 Å². The predicted octanol–water partition coefficient (Wildman–Crippen LogP) is 1.88. The number of para-hydroxylation sites is 1. The summed E-state index contributed by atoms with van der Waals surface area (Å²) in [4.78, 5) is 25.0. The van der Waals surface area contributed by atoms with Crippen LogP contribution in [0.3, 0.4) is 0 Å². The first-order valence-corrected chi connectivity index (χ1v) is 7.25. The molecule has 5 heteroatoms. The second-order valence-corrected chi connectivity index (χ2v) is 6.01. The fourth-order valence-electron chi connectivity index (χ4n) is 3.24. The molecule has 0 amide bonds. The van der Waals surface area contributed by atoms with Crippen molar-refractivity contribution in [2.45, 2.75) is 31.8 Å². The molecule has 0 radical (unpaired) electrons. The summed E-state index contributed by atoms with van der Waals surface area (Å²) in [7, 11) is 0. The molecule has 1 saturated heterocycles. The Bertz CT molecular complexity index is 588. The van der Waals surface area contributed by atoms with Gasteiger partial charge in [0.15, 0.2) is 5.78 Å². The second kappa shape index (κ2) is 5.15. The van der Waals surface area contributed by atoms with Crippen LogP contribution in [0.4, 0.5) is 0 Å². The van der Waals surface area contributed by atoms with Gasteiger partial charge >= 0.3 is 5.97 Å². The number of hydrogen-bond acceptors (Lipinski definition) is 4. The Hall–Kier alpha value is -1.88. The van der Waals surface area contributed by atoms with Gasteiger partial charge in [-0.25, -0.2) is 0 Å². The summed E-state index contributed by atoms with van der Waals surface area (Å²) in [6, 6.07) is 5.64. The molecule has 3 rings (SSSR count). The number of likely N-dealkylation sites (tertiary alicyclic amines) is 1. The molecule has 1 aromatic carbocycles. The normalized spacial score (nSPS) is 20.9. The summed E-state index contributed by atoms with van der Waals surface area (Å²) in [6.07, 6.45) is 1.78. The number of hydrogen-bond donors (Lipinski definition) is 1. The number of carboxylic acids is 1. The lowest BCUT2D eigenvalue weighted by molar-refractivity contribution is -0.139. The molecule has 1 spiro atoms. The fourth-order valence-corrected chi connectivity index (χ4v) is 3.24. The summed E-state index contributed by atoms with van der Waals surface area (Å²) >= 11 is 0. The van der Waals surface area contributed by atoms with E-state index in [1.54, 1.807) is 0 Å². The van der Waals surface area contributed by atoms with Gasteiger partial charge in [0.05, 0.1) is 18.5 Å². The van der Waals surface area contributed by atoms with E-state index in [-0.39, 0.29) is 12.3 Å². The zero-order valence-electron chi connectivity index (χ0n) is 12.1. The van der Waals surface area contributed by atoms with E-state index in [4.69, 9.17) is 9.84 Å². The lowest BCUT2D eigenvalue weighted by atomic mass is 9.82. The lowest BCUT2D eigenvalue weighted by Crippen LogP contribution is -2.51. The maximum atomic E-state index is 12.4. The number of ether oxygens (including phenoxy) is 1. The van der Waals surface area contributed by atoms with E-state index in [0.717, 1.165) is 5.56 Å². The van der Waals surface area contributed by atoms with E-state index in [2.05, 4.69) is 0 Å². The first-order valence-electron chi connectivity index (χ1n) is 7.25. The molecule has 1 aromatic rings. The van der Waals surface area contributed by atoms with Crippen LogP contribution in [0.1, 0.15) is 35.2 Å². The molecular weight excluding hydrogens is 270 g/mol. The maximum Gasteiger partial charge on any atom is 0.317 e. The van der Waals surface area contributed by atoms with Crippen molar-refractivity contribution in [2.24, 2.45) is 0 Å². The number of fused-ring (bicyclic) bond motifs is 1. The maximum absolute atomic E-state index is 12.4. The number of carboxylic acid groups (broad SMARTS) is 1. The van der Waals surface area contributed by atoms with Gasteiger partial charge in [0.1, 0.15) is 11.4 Å². The van der Waals surface area contributed by atoms with Crippen molar-refractivity contribution in [2.75, 3.05) is 19.6 Å². The Morgan fingerprint density at radius 3 is 2.76 bits per heavy atom. The molecule has 5 nitrogen and oxygen atoms in total. The summed E-state index contributed by atoms with van der Waals surface area (Å²) in [5.41, 5.74) is 1.20. The molecule has 1 fully saturated rings. The number of nitrogens with zero attached hydrogens (tertiary/aromatic N) is 1. The second-order valence-electron chi connectivity index (χ2n) is 6.01. The van der Waals surface area contributed by atoms with Crippen molar-refractivity contribution in [1.29, 1.82) is 0 Å². The van der Waals surface area contributed by atoms with Crippen LogP contribution in [0.15, 0.2) is 18.2 Å². The third kappa shape index (κ3) is 2.65. The number of carbonyl (C=O) groups excluding carboxylic acids is 1. The zero-order chi connectivity index (χ0) is 15.0. The highest BCUT2D eigenvalue weighted by atomic mass is 16.5. The van der Waals surface area contributed by atoms with Crippen LogP contribution in [0.2, 0.25) is 0 Å². The Balaban J connectivity index is 1.79. The number of carbonyl (C=O) groups is 2. The SMILES string of the molecule is Cc1cccc2c1OC1(CCN(CC(=O)O)CC1)CC2=O. The summed E-state index contributed by atoms with van der Waals surface area (Å²) in [5.74, 6) is 0.0276. The molecular formula is C16H19NO4. The van der Waals surface area contributed by atoms with Gasteiger partial charge in [0.2, 0.25) is 0 Å². The molecule has 1 N–H and O–H groups in total. The van der Waals surface area contributed by atoms with Gasteiger partial charge in [0.25, 0.3) is 0 Å². The Morgan fingerprint density at radius 2 is 2.10 bits per heavy atom. The van der Waals surface area contributed by atoms with Gasteiger partial charge in [0, 0.05) is 25.9 Å². The summed E-state index contributed by atoms with van der Waals surface area (Å²) in [6.45, 7) is 3.31. The van der Waals surface area contributed by atoms with E-state index in [9.17, 15) is 9.59 Å². The average molecular weight is 289 g/mol. The van der Waals surface area contributed by atoms with Gasteiger partial charge in [-0.1, -0.05) is 12.1 Å². The van der Waals surface area contributed by atoms with Crippen LogP contribution in [0.25, 0.3) is 0 Å². The highest BCUT2D eigenvalue weighted by molar-refractivity contribution is 6.00. The van der Waals surface area contributed by atoms with E-state index in [1.807, 2.05) is 30.0 Å². The number of rotatable bonds is 2. The van der Waals surface area contributed by atoms with E-state index >= 15 is 0 Å². The highest BCUT2D eigenvalue weighted by Crippen LogP contribution is 2.40. The topological polar surface area (TPSA) is 66.8 Å². The molecule has 21 heavy (non-hydrogen) atoms. The van der Waals surface area contributed by atoms with Gasteiger partial charge < -0.3 is 9.84 Å². The van der Waals surface area contributed by atoms with Crippen molar-refractivity contribution in [1.82, 2.24) is 4.90 Å². The molecule has 0 unspecified atom stereocenters. The van der Waals surface area contributed by atoms with E-state index in [0.29, 0.717) is 43.7 Å². The number of piperidine rings is 1. The van der Waals surface area contributed by atoms with Crippen LogP contribution in [-0.2, 0) is 4.79 Å². The Kier molecular flexibility index (Phi) is 3.45. The minimum Gasteiger partial charge on any atom is -0.486 e.